The van der Waals surface area contributed by atoms with E-state index in [1.807, 2.05) is 6.07 Å². The zero-order valence-electron chi connectivity index (χ0n) is 11.5. The number of ether oxygens (including phenoxy) is 2. The fourth-order valence-electron chi connectivity index (χ4n) is 2.12. The first kappa shape index (κ1) is 13.2. The summed E-state index contributed by atoms with van der Waals surface area (Å²) in [6, 6.07) is 6.99. The summed E-state index contributed by atoms with van der Waals surface area (Å²) in [5, 5.41) is 3.55. The lowest BCUT2D eigenvalue weighted by Crippen LogP contribution is -2.18. The van der Waals surface area contributed by atoms with Gasteiger partial charge in [-0.05, 0) is 49.4 Å². The molecule has 100 valence electrons. The molecule has 2 rings (SSSR count). The molecule has 1 unspecified atom stereocenters. The van der Waals surface area contributed by atoms with Gasteiger partial charge in [0, 0.05) is 6.04 Å². The molecule has 1 fully saturated rings. The van der Waals surface area contributed by atoms with Crippen molar-refractivity contribution in [1.82, 2.24) is 5.32 Å². The first-order valence-corrected chi connectivity index (χ1v) is 6.70. The second kappa shape index (κ2) is 6.10. The minimum Gasteiger partial charge on any atom is -0.493 e. The minimum absolute atomic E-state index is 0.538. The number of hydrogen-bond donors (Lipinski definition) is 1. The van der Waals surface area contributed by atoms with Crippen LogP contribution in [0.4, 0.5) is 0 Å². The van der Waals surface area contributed by atoms with Crippen LogP contribution in [-0.2, 0) is 0 Å². The lowest BCUT2D eigenvalue weighted by molar-refractivity contribution is 0.354. The zero-order valence-corrected chi connectivity index (χ0v) is 11.5. The molecule has 3 nitrogen and oxygen atoms in total. The smallest absolute Gasteiger partial charge is 0.160 e. The molecule has 0 spiro atoms. The van der Waals surface area contributed by atoms with E-state index >= 15 is 0 Å². The molecule has 3 heteroatoms. The Morgan fingerprint density at radius 2 is 1.94 bits per heavy atom. The van der Waals surface area contributed by atoms with Gasteiger partial charge in [0.2, 0.25) is 0 Å². The summed E-state index contributed by atoms with van der Waals surface area (Å²) < 4.78 is 10.6. The van der Waals surface area contributed by atoms with E-state index in [2.05, 4.69) is 24.4 Å². The number of benzene rings is 1. The SMILES string of the molecule is COc1ccc(C(C)CCNC2CC2)cc1OC. The molecule has 1 atom stereocenters. The molecule has 0 saturated heterocycles. The third kappa shape index (κ3) is 3.39. The molecule has 0 radical (unpaired) electrons. The molecule has 1 aliphatic rings. The van der Waals surface area contributed by atoms with Crippen molar-refractivity contribution in [3.8, 4) is 11.5 Å². The quantitative estimate of drug-likeness (QED) is 0.806. The van der Waals surface area contributed by atoms with Crippen LogP contribution < -0.4 is 14.8 Å². The van der Waals surface area contributed by atoms with Crippen molar-refractivity contribution in [2.24, 2.45) is 0 Å². The third-order valence-electron chi connectivity index (χ3n) is 3.56. The van der Waals surface area contributed by atoms with Gasteiger partial charge < -0.3 is 14.8 Å². The monoisotopic (exact) mass is 249 g/mol. The molecule has 1 aromatic rings. The van der Waals surface area contributed by atoms with E-state index in [0.29, 0.717) is 5.92 Å². The highest BCUT2D eigenvalue weighted by molar-refractivity contribution is 5.43. The van der Waals surface area contributed by atoms with Gasteiger partial charge in [0.05, 0.1) is 14.2 Å². The third-order valence-corrected chi connectivity index (χ3v) is 3.56. The van der Waals surface area contributed by atoms with Gasteiger partial charge >= 0.3 is 0 Å². The van der Waals surface area contributed by atoms with Crippen molar-refractivity contribution in [2.75, 3.05) is 20.8 Å². The Balaban J connectivity index is 1.93. The van der Waals surface area contributed by atoms with Gasteiger partial charge in [0.1, 0.15) is 0 Å². The zero-order chi connectivity index (χ0) is 13.0. The van der Waals surface area contributed by atoms with Gasteiger partial charge in [0.25, 0.3) is 0 Å². The predicted molar refractivity (Wildman–Crippen MR) is 73.6 cm³/mol. The summed E-state index contributed by atoms with van der Waals surface area (Å²) in [5.41, 5.74) is 1.31. The van der Waals surface area contributed by atoms with Gasteiger partial charge in [-0.25, -0.2) is 0 Å². The molecule has 1 aromatic carbocycles. The van der Waals surface area contributed by atoms with Crippen LogP contribution in [0.1, 0.15) is 37.7 Å². The Morgan fingerprint density at radius 3 is 2.56 bits per heavy atom. The highest BCUT2D eigenvalue weighted by Gasteiger charge is 2.20. The van der Waals surface area contributed by atoms with Crippen molar-refractivity contribution >= 4 is 0 Å². The van der Waals surface area contributed by atoms with E-state index in [-0.39, 0.29) is 0 Å². The van der Waals surface area contributed by atoms with Crippen LogP contribution in [0.15, 0.2) is 18.2 Å². The fourth-order valence-corrected chi connectivity index (χ4v) is 2.12. The summed E-state index contributed by atoms with van der Waals surface area (Å²) in [6.45, 7) is 3.36. The predicted octanol–water partition coefficient (Wildman–Crippen LogP) is 2.95. The molecule has 0 bridgehead atoms. The van der Waals surface area contributed by atoms with E-state index in [1.165, 1.54) is 18.4 Å². The maximum absolute atomic E-state index is 5.34. The summed E-state index contributed by atoms with van der Waals surface area (Å²) in [6.07, 6.45) is 3.86. The Hall–Kier alpha value is -1.22. The summed E-state index contributed by atoms with van der Waals surface area (Å²) >= 11 is 0. The van der Waals surface area contributed by atoms with E-state index < -0.39 is 0 Å². The topological polar surface area (TPSA) is 30.5 Å². The van der Waals surface area contributed by atoms with Gasteiger partial charge in [-0.3, -0.25) is 0 Å². The molecule has 18 heavy (non-hydrogen) atoms. The highest BCUT2D eigenvalue weighted by Crippen LogP contribution is 2.31. The highest BCUT2D eigenvalue weighted by atomic mass is 16.5. The summed E-state index contributed by atoms with van der Waals surface area (Å²) in [5.74, 6) is 2.15. The fraction of sp³-hybridized carbons (Fsp3) is 0.600. The Labute approximate surface area is 109 Å². The molecular weight excluding hydrogens is 226 g/mol. The van der Waals surface area contributed by atoms with Crippen LogP contribution in [0.3, 0.4) is 0 Å². The van der Waals surface area contributed by atoms with Crippen LogP contribution >= 0.6 is 0 Å². The average Bonchev–Trinajstić information content (AvgIpc) is 3.21. The molecule has 1 aliphatic carbocycles. The maximum Gasteiger partial charge on any atom is 0.160 e. The Morgan fingerprint density at radius 1 is 1.22 bits per heavy atom. The first-order chi connectivity index (χ1) is 8.74. The standard InChI is InChI=1S/C15H23NO2/c1-11(8-9-16-13-5-6-13)12-4-7-14(17-2)15(10-12)18-3/h4,7,10-11,13,16H,5-6,8-9H2,1-3H3. The van der Waals surface area contributed by atoms with Gasteiger partial charge in [0.15, 0.2) is 11.5 Å². The van der Waals surface area contributed by atoms with E-state index in [1.54, 1.807) is 14.2 Å². The Bertz CT molecular complexity index is 388. The average molecular weight is 249 g/mol. The maximum atomic E-state index is 5.34. The van der Waals surface area contributed by atoms with Crippen LogP contribution in [-0.4, -0.2) is 26.8 Å². The first-order valence-electron chi connectivity index (χ1n) is 6.70. The van der Waals surface area contributed by atoms with Gasteiger partial charge in [-0.1, -0.05) is 13.0 Å². The van der Waals surface area contributed by atoms with Crippen LogP contribution in [0.5, 0.6) is 11.5 Å². The summed E-state index contributed by atoms with van der Waals surface area (Å²) in [4.78, 5) is 0. The van der Waals surface area contributed by atoms with Crippen molar-refractivity contribution in [3.05, 3.63) is 23.8 Å². The van der Waals surface area contributed by atoms with Crippen molar-refractivity contribution in [2.45, 2.75) is 38.1 Å². The molecule has 0 aliphatic heterocycles. The molecule has 1 saturated carbocycles. The molecule has 0 amide bonds. The minimum atomic E-state index is 0.538. The molecule has 0 aromatic heterocycles. The molecular formula is C15H23NO2. The number of hydrogen-bond acceptors (Lipinski definition) is 3. The van der Waals surface area contributed by atoms with Crippen LogP contribution in [0, 0.1) is 0 Å². The number of methoxy groups -OCH3 is 2. The molecule has 0 heterocycles. The van der Waals surface area contributed by atoms with Crippen LogP contribution in [0.2, 0.25) is 0 Å². The van der Waals surface area contributed by atoms with Crippen molar-refractivity contribution in [3.63, 3.8) is 0 Å². The van der Waals surface area contributed by atoms with Crippen molar-refractivity contribution < 1.29 is 9.47 Å². The number of rotatable bonds is 7. The lowest BCUT2D eigenvalue weighted by atomic mass is 9.97. The largest absolute Gasteiger partial charge is 0.493 e. The van der Waals surface area contributed by atoms with Gasteiger partial charge in [-0.2, -0.15) is 0 Å². The van der Waals surface area contributed by atoms with E-state index in [4.69, 9.17) is 9.47 Å². The summed E-state index contributed by atoms with van der Waals surface area (Å²) in [7, 11) is 3.35. The normalized spacial score (nSPS) is 16.4. The number of nitrogens with one attached hydrogen (secondary N) is 1. The van der Waals surface area contributed by atoms with Gasteiger partial charge in [-0.15, -0.1) is 0 Å². The van der Waals surface area contributed by atoms with E-state index in [9.17, 15) is 0 Å². The second-order valence-electron chi connectivity index (χ2n) is 5.03. The lowest BCUT2D eigenvalue weighted by Gasteiger charge is -2.15. The molecule has 1 N–H and O–H groups in total. The van der Waals surface area contributed by atoms with E-state index in [0.717, 1.165) is 30.5 Å². The Kier molecular flexibility index (Phi) is 4.48. The second-order valence-corrected chi connectivity index (χ2v) is 5.03. The van der Waals surface area contributed by atoms with Crippen LogP contribution in [0.25, 0.3) is 0 Å². The van der Waals surface area contributed by atoms with Crippen molar-refractivity contribution in [1.29, 1.82) is 0 Å².